The molecule has 3 heterocycles. The number of hydrogen-bond acceptors (Lipinski definition) is 3. The van der Waals surface area contributed by atoms with Gasteiger partial charge in [-0.15, -0.1) is 0 Å². The van der Waals surface area contributed by atoms with Crippen molar-refractivity contribution in [3.05, 3.63) is 108 Å². The maximum absolute atomic E-state index is 5.94. The van der Waals surface area contributed by atoms with Crippen LogP contribution in [0.2, 0.25) is 0 Å². The Bertz CT molecular complexity index is 1180. The van der Waals surface area contributed by atoms with Crippen LogP contribution in [0.3, 0.4) is 0 Å². The zero-order chi connectivity index (χ0) is 21.2. The molecular weight excluding hydrogens is 404 g/mol. The van der Waals surface area contributed by atoms with E-state index in [1.54, 1.807) is 0 Å². The van der Waals surface area contributed by atoms with Crippen LogP contribution in [-0.4, -0.2) is 15.1 Å². The van der Waals surface area contributed by atoms with E-state index in [-0.39, 0.29) is 12.1 Å². The molecule has 1 saturated heterocycles. The van der Waals surface area contributed by atoms with Gasteiger partial charge < -0.3 is 19.9 Å². The quantitative estimate of drug-likeness (QED) is 0.402. The molecule has 4 aromatic rings. The summed E-state index contributed by atoms with van der Waals surface area (Å²) in [6.07, 6.45) is 1.81. The molecule has 6 heteroatoms. The Labute approximate surface area is 186 Å². The molecule has 2 aromatic heterocycles. The van der Waals surface area contributed by atoms with Gasteiger partial charge in [-0.3, -0.25) is 4.98 Å². The average Bonchev–Trinajstić information content (AvgIpc) is 3.38. The number of H-pyrrole nitrogens is 1. The predicted molar refractivity (Wildman–Crippen MR) is 126 cm³/mol. The number of ether oxygens (including phenoxy) is 1. The first kappa shape index (κ1) is 19.3. The fourth-order valence-corrected chi connectivity index (χ4v) is 4.29. The molecule has 1 aliphatic rings. The SMILES string of the molecule is Cc1ccc([C@@H]2[C@H](c3ccccn3)NC(=S)N2c2ccc(Oc3ccccc3)cc2)[nH]1. The van der Waals surface area contributed by atoms with Gasteiger partial charge in [0, 0.05) is 23.3 Å². The first-order valence-corrected chi connectivity index (χ1v) is 10.6. The van der Waals surface area contributed by atoms with Crippen LogP contribution in [0.1, 0.15) is 29.2 Å². The second-order valence-electron chi connectivity index (χ2n) is 7.50. The third kappa shape index (κ3) is 3.90. The van der Waals surface area contributed by atoms with Crippen LogP contribution in [0, 0.1) is 6.92 Å². The van der Waals surface area contributed by atoms with E-state index < -0.39 is 0 Å². The van der Waals surface area contributed by atoms with E-state index in [4.69, 9.17) is 17.0 Å². The van der Waals surface area contributed by atoms with Crippen molar-refractivity contribution in [2.24, 2.45) is 0 Å². The number of nitrogens with one attached hydrogen (secondary N) is 2. The summed E-state index contributed by atoms with van der Waals surface area (Å²) in [4.78, 5) is 10.2. The number of benzene rings is 2. The molecule has 5 nitrogen and oxygen atoms in total. The Hall–Kier alpha value is -3.64. The van der Waals surface area contributed by atoms with Gasteiger partial charge >= 0.3 is 0 Å². The molecule has 0 aliphatic carbocycles. The molecule has 0 bridgehead atoms. The lowest BCUT2D eigenvalue weighted by Crippen LogP contribution is -2.29. The van der Waals surface area contributed by atoms with Crippen molar-refractivity contribution in [3.63, 3.8) is 0 Å². The van der Waals surface area contributed by atoms with Crippen molar-refractivity contribution in [2.45, 2.75) is 19.0 Å². The Kier molecular flexibility index (Phi) is 5.14. The fourth-order valence-electron chi connectivity index (χ4n) is 3.95. The van der Waals surface area contributed by atoms with Crippen LogP contribution in [0.5, 0.6) is 11.5 Å². The van der Waals surface area contributed by atoms with E-state index in [2.05, 4.69) is 39.2 Å². The number of aromatic amines is 1. The molecule has 0 spiro atoms. The minimum atomic E-state index is -0.0630. The number of anilines is 1. The van der Waals surface area contributed by atoms with Crippen LogP contribution < -0.4 is 15.0 Å². The molecule has 154 valence electrons. The van der Waals surface area contributed by atoms with E-state index in [0.29, 0.717) is 5.11 Å². The summed E-state index contributed by atoms with van der Waals surface area (Å²) < 4.78 is 5.94. The second kappa shape index (κ2) is 8.24. The molecule has 1 fully saturated rings. The van der Waals surface area contributed by atoms with Crippen LogP contribution in [0.15, 0.2) is 91.1 Å². The van der Waals surface area contributed by atoms with Gasteiger partial charge in [-0.25, -0.2) is 0 Å². The number of thiocarbonyl (C=S) groups is 1. The summed E-state index contributed by atoms with van der Waals surface area (Å²) in [6, 6.07) is 27.8. The standard InChI is InChI=1S/C25H22N4OS/c1-17-10-15-22(27-17)24-23(21-9-5-6-16-26-21)28-25(31)29(24)18-11-13-20(14-12-18)30-19-7-3-2-4-8-19/h2-16,23-24,27H,1H3,(H,28,31)/t23-,24+/m0/s1. The largest absolute Gasteiger partial charge is 0.457 e. The van der Waals surface area contributed by atoms with Crippen LogP contribution in [0.4, 0.5) is 5.69 Å². The van der Waals surface area contributed by atoms with E-state index in [1.165, 1.54) is 0 Å². The van der Waals surface area contributed by atoms with Crippen molar-refractivity contribution in [2.75, 3.05) is 4.90 Å². The highest BCUT2D eigenvalue weighted by atomic mass is 32.1. The van der Waals surface area contributed by atoms with Gasteiger partial charge in [-0.05, 0) is 79.8 Å². The highest BCUT2D eigenvalue weighted by Gasteiger charge is 2.41. The number of hydrogen-bond donors (Lipinski definition) is 2. The van der Waals surface area contributed by atoms with Gasteiger partial charge in [-0.2, -0.15) is 0 Å². The number of rotatable bonds is 5. The molecule has 2 N–H and O–H groups in total. The van der Waals surface area contributed by atoms with E-state index in [9.17, 15) is 0 Å². The number of aryl methyl sites for hydroxylation is 1. The highest BCUT2D eigenvalue weighted by Crippen LogP contribution is 2.41. The molecular formula is C25H22N4OS. The maximum Gasteiger partial charge on any atom is 0.174 e. The molecule has 2 aromatic carbocycles. The molecule has 5 rings (SSSR count). The first-order valence-electron chi connectivity index (χ1n) is 10.2. The van der Waals surface area contributed by atoms with Crippen molar-refractivity contribution in [1.82, 2.24) is 15.3 Å². The zero-order valence-electron chi connectivity index (χ0n) is 17.0. The Morgan fingerprint density at radius 2 is 1.61 bits per heavy atom. The molecule has 0 amide bonds. The van der Waals surface area contributed by atoms with Gasteiger partial charge in [0.2, 0.25) is 0 Å². The van der Waals surface area contributed by atoms with Gasteiger partial charge in [0.15, 0.2) is 5.11 Å². The van der Waals surface area contributed by atoms with E-state index in [1.807, 2.05) is 79.0 Å². The lowest BCUT2D eigenvalue weighted by atomic mass is 10.0. The summed E-state index contributed by atoms with van der Waals surface area (Å²) in [7, 11) is 0. The first-order chi connectivity index (χ1) is 15.2. The normalized spacial score (nSPS) is 18.1. The molecule has 2 atom stereocenters. The number of aromatic nitrogens is 2. The van der Waals surface area contributed by atoms with Crippen molar-refractivity contribution in [3.8, 4) is 11.5 Å². The number of pyridine rings is 1. The number of nitrogens with zero attached hydrogens (tertiary/aromatic N) is 2. The van der Waals surface area contributed by atoms with Crippen molar-refractivity contribution < 1.29 is 4.74 Å². The fraction of sp³-hybridized carbons (Fsp3) is 0.120. The second-order valence-corrected chi connectivity index (χ2v) is 7.89. The van der Waals surface area contributed by atoms with E-state index in [0.717, 1.165) is 34.3 Å². The summed E-state index contributed by atoms with van der Waals surface area (Å²) in [6.45, 7) is 2.06. The summed E-state index contributed by atoms with van der Waals surface area (Å²) >= 11 is 5.76. The lowest BCUT2D eigenvalue weighted by Gasteiger charge is -2.27. The van der Waals surface area contributed by atoms with E-state index >= 15 is 0 Å². The smallest absolute Gasteiger partial charge is 0.174 e. The molecule has 0 radical (unpaired) electrons. The molecule has 31 heavy (non-hydrogen) atoms. The highest BCUT2D eigenvalue weighted by molar-refractivity contribution is 7.80. The molecule has 0 unspecified atom stereocenters. The Balaban J connectivity index is 1.48. The summed E-state index contributed by atoms with van der Waals surface area (Å²) in [5, 5.41) is 4.15. The topological polar surface area (TPSA) is 53.2 Å². The third-order valence-electron chi connectivity index (χ3n) is 5.36. The van der Waals surface area contributed by atoms with Gasteiger partial charge in [0.05, 0.1) is 11.7 Å². The molecule has 1 aliphatic heterocycles. The third-order valence-corrected chi connectivity index (χ3v) is 5.68. The Morgan fingerprint density at radius 1 is 0.871 bits per heavy atom. The van der Waals surface area contributed by atoms with Crippen LogP contribution in [0.25, 0.3) is 0 Å². The van der Waals surface area contributed by atoms with Crippen LogP contribution >= 0.6 is 12.2 Å². The monoisotopic (exact) mass is 426 g/mol. The van der Waals surface area contributed by atoms with Gasteiger partial charge in [0.25, 0.3) is 0 Å². The van der Waals surface area contributed by atoms with Crippen LogP contribution in [-0.2, 0) is 0 Å². The predicted octanol–water partition coefficient (Wildman–Crippen LogP) is 5.69. The average molecular weight is 427 g/mol. The maximum atomic E-state index is 5.94. The van der Waals surface area contributed by atoms with Gasteiger partial charge in [-0.1, -0.05) is 24.3 Å². The Morgan fingerprint density at radius 3 is 2.29 bits per heavy atom. The number of para-hydroxylation sites is 1. The minimum absolute atomic E-state index is 0.0445. The van der Waals surface area contributed by atoms with Crippen molar-refractivity contribution in [1.29, 1.82) is 0 Å². The molecule has 0 saturated carbocycles. The van der Waals surface area contributed by atoms with Crippen molar-refractivity contribution >= 4 is 23.0 Å². The van der Waals surface area contributed by atoms with Gasteiger partial charge in [0.1, 0.15) is 17.5 Å². The zero-order valence-corrected chi connectivity index (χ0v) is 17.8. The summed E-state index contributed by atoms with van der Waals surface area (Å²) in [5.74, 6) is 1.59. The minimum Gasteiger partial charge on any atom is -0.457 e. The summed E-state index contributed by atoms with van der Waals surface area (Å²) in [5.41, 5.74) is 4.14. The lowest BCUT2D eigenvalue weighted by molar-refractivity contribution is 0.482.